The Kier molecular flexibility index (Phi) is 4.15. The molecule has 0 bridgehead atoms. The molecule has 0 unspecified atom stereocenters. The first-order valence-electron chi connectivity index (χ1n) is 3.08. The minimum Gasteiger partial charge on any atom is -1.00 e. The van der Waals surface area contributed by atoms with Crippen LogP contribution in [0.1, 0.15) is 0 Å². The molecule has 0 amide bonds. The van der Waals surface area contributed by atoms with E-state index in [-0.39, 0.29) is 17.3 Å². The minimum absolute atomic E-state index is 0. The fraction of sp³-hybridized carbons (Fsp3) is 0. The minimum atomic E-state index is -4.10. The lowest BCUT2D eigenvalue weighted by molar-refractivity contribution is -0.00000667. The number of hydrazine groups is 1. The summed E-state index contributed by atoms with van der Waals surface area (Å²) < 4.78 is 29.6. The molecule has 0 aliphatic rings. The zero-order chi connectivity index (χ0) is 9.19. The van der Waals surface area contributed by atoms with Gasteiger partial charge in [0.1, 0.15) is 0 Å². The van der Waals surface area contributed by atoms with E-state index in [1.165, 1.54) is 24.3 Å². The Morgan fingerprint density at radius 1 is 1.23 bits per heavy atom. The van der Waals surface area contributed by atoms with Crippen molar-refractivity contribution in [3.8, 4) is 0 Å². The van der Waals surface area contributed by atoms with E-state index in [1.807, 2.05) is 0 Å². The smallest absolute Gasteiger partial charge is 0.294 e. The van der Waals surface area contributed by atoms with E-state index < -0.39 is 10.1 Å². The number of nitrogen functional groups attached to an aromatic ring is 1. The van der Waals surface area contributed by atoms with E-state index in [0.717, 1.165) is 0 Å². The van der Waals surface area contributed by atoms with Crippen LogP contribution >= 0.6 is 0 Å². The summed E-state index contributed by atoms with van der Waals surface area (Å²) in [4.78, 5) is -0.151. The van der Waals surface area contributed by atoms with Gasteiger partial charge in [-0.15, -0.1) is 0 Å². The highest BCUT2D eigenvalue weighted by Crippen LogP contribution is 2.12. The Bertz CT molecular complexity index is 362. The molecule has 0 saturated carbocycles. The van der Waals surface area contributed by atoms with Gasteiger partial charge in [-0.1, -0.05) is 0 Å². The second-order valence-electron chi connectivity index (χ2n) is 2.14. The van der Waals surface area contributed by atoms with Gasteiger partial charge in [0.05, 0.1) is 4.90 Å². The molecule has 0 atom stereocenters. The average molecular weight is 224 g/mol. The van der Waals surface area contributed by atoms with Crippen LogP contribution < -0.4 is 23.7 Å². The van der Waals surface area contributed by atoms with Gasteiger partial charge in [-0.3, -0.25) is 10.4 Å². The Balaban J connectivity index is 0.00000144. The van der Waals surface area contributed by atoms with Crippen LogP contribution in [0, 0.1) is 0 Å². The molecule has 1 rings (SSSR count). The fourth-order valence-corrected chi connectivity index (χ4v) is 1.20. The van der Waals surface area contributed by atoms with Gasteiger partial charge in [-0.25, -0.2) is 0 Å². The summed E-state index contributed by atoms with van der Waals surface area (Å²) in [5.41, 5.74) is 2.90. The van der Waals surface area contributed by atoms with Crippen LogP contribution in [0.25, 0.3) is 0 Å². The van der Waals surface area contributed by atoms with Crippen LogP contribution in [0.15, 0.2) is 29.2 Å². The van der Waals surface area contributed by atoms with E-state index in [1.54, 1.807) is 0 Å². The van der Waals surface area contributed by atoms with E-state index in [2.05, 4.69) is 5.43 Å². The average Bonchev–Trinajstić information content (AvgIpc) is 2.03. The highest BCUT2D eigenvalue weighted by molar-refractivity contribution is 7.85. The highest BCUT2D eigenvalue weighted by Gasteiger charge is 2.07. The molecule has 1 aromatic rings. The lowest BCUT2D eigenvalue weighted by Gasteiger charge is -1.99. The Morgan fingerprint density at radius 2 is 1.69 bits per heavy atom. The summed E-state index contributed by atoms with van der Waals surface area (Å²) >= 11 is 0. The summed E-state index contributed by atoms with van der Waals surface area (Å²) in [6.07, 6.45) is 0. The van der Waals surface area contributed by atoms with Gasteiger partial charge in [0.2, 0.25) is 0 Å². The quantitative estimate of drug-likeness (QED) is 0.287. The van der Waals surface area contributed by atoms with Crippen LogP contribution in [0.4, 0.5) is 5.69 Å². The number of nitrogens with two attached hydrogens (primary N) is 1. The zero-order valence-electron chi connectivity index (χ0n) is 6.44. The van der Waals surface area contributed by atoms with Gasteiger partial charge in [-0.2, -0.15) is 8.42 Å². The maximum absolute atomic E-state index is 10.5. The number of anilines is 1. The van der Waals surface area contributed by atoms with E-state index >= 15 is 0 Å². The normalized spacial score (nSPS) is 10.3. The van der Waals surface area contributed by atoms with Crippen LogP contribution in [-0.2, 0) is 10.1 Å². The number of hydrogen-bond acceptors (Lipinski definition) is 4. The van der Waals surface area contributed by atoms with Gasteiger partial charge in [0.25, 0.3) is 10.1 Å². The van der Waals surface area contributed by atoms with Crippen molar-refractivity contribution >= 4 is 15.8 Å². The SMILES string of the molecule is NNc1ccc(S(=O)(=O)O)cc1.[Cl-]. The van der Waals surface area contributed by atoms with Crippen molar-refractivity contribution in [3.05, 3.63) is 24.3 Å². The largest absolute Gasteiger partial charge is 1.00 e. The predicted octanol–water partition coefficient (Wildman–Crippen LogP) is -2.78. The van der Waals surface area contributed by atoms with Gasteiger partial charge >= 0.3 is 0 Å². The van der Waals surface area contributed by atoms with E-state index in [0.29, 0.717) is 5.69 Å². The molecular weight excluding hydrogens is 216 g/mol. The lowest BCUT2D eigenvalue weighted by Crippen LogP contribution is -3.00. The van der Waals surface area contributed by atoms with Gasteiger partial charge in [0.15, 0.2) is 0 Å². The summed E-state index contributed by atoms with van der Waals surface area (Å²) in [5, 5.41) is 0. The van der Waals surface area contributed by atoms with Crippen molar-refractivity contribution in [1.82, 2.24) is 0 Å². The van der Waals surface area contributed by atoms with Crippen molar-refractivity contribution in [2.75, 3.05) is 5.43 Å². The van der Waals surface area contributed by atoms with Crippen molar-refractivity contribution < 1.29 is 25.4 Å². The zero-order valence-corrected chi connectivity index (χ0v) is 8.01. The Hall–Kier alpha value is -0.820. The van der Waals surface area contributed by atoms with Crippen LogP contribution in [0.5, 0.6) is 0 Å². The third-order valence-electron chi connectivity index (χ3n) is 1.32. The second kappa shape index (κ2) is 4.43. The molecule has 5 nitrogen and oxygen atoms in total. The molecule has 74 valence electrons. The molecule has 0 radical (unpaired) electrons. The second-order valence-corrected chi connectivity index (χ2v) is 3.57. The van der Waals surface area contributed by atoms with Crippen molar-refractivity contribution in [2.45, 2.75) is 4.90 Å². The number of nitrogens with one attached hydrogen (secondary N) is 1. The first-order chi connectivity index (χ1) is 5.54. The number of benzene rings is 1. The van der Waals surface area contributed by atoms with E-state index in [4.69, 9.17) is 10.4 Å². The summed E-state index contributed by atoms with van der Waals surface area (Å²) in [6, 6.07) is 5.40. The lowest BCUT2D eigenvalue weighted by atomic mass is 10.3. The Labute approximate surface area is 82.1 Å². The van der Waals surface area contributed by atoms with Crippen molar-refractivity contribution in [2.24, 2.45) is 5.84 Å². The summed E-state index contributed by atoms with van der Waals surface area (Å²) in [7, 11) is -4.10. The standard InChI is InChI=1S/C6H8N2O3S.ClH/c7-8-5-1-3-6(4-2-5)12(9,10)11;/h1-4,8H,7H2,(H,9,10,11);1H/p-1. The maximum Gasteiger partial charge on any atom is 0.294 e. The molecular formula is C6H8ClN2O3S-. The van der Waals surface area contributed by atoms with Crippen LogP contribution in [0.2, 0.25) is 0 Å². The predicted molar refractivity (Wildman–Crippen MR) is 44.1 cm³/mol. The topological polar surface area (TPSA) is 92.4 Å². The van der Waals surface area contributed by atoms with E-state index in [9.17, 15) is 8.42 Å². The highest BCUT2D eigenvalue weighted by atomic mass is 35.5. The van der Waals surface area contributed by atoms with Crippen LogP contribution in [0.3, 0.4) is 0 Å². The third-order valence-corrected chi connectivity index (χ3v) is 2.19. The number of hydrogen-bond donors (Lipinski definition) is 3. The van der Waals surface area contributed by atoms with Gasteiger partial charge in [-0.05, 0) is 24.3 Å². The molecule has 0 aliphatic heterocycles. The molecule has 7 heteroatoms. The Morgan fingerprint density at radius 3 is 2.00 bits per heavy atom. The number of rotatable bonds is 2. The molecule has 0 spiro atoms. The first kappa shape index (κ1) is 12.2. The van der Waals surface area contributed by atoms with Crippen molar-refractivity contribution in [3.63, 3.8) is 0 Å². The summed E-state index contributed by atoms with van der Waals surface area (Å²) in [5.74, 6) is 5.05. The van der Waals surface area contributed by atoms with Crippen LogP contribution in [-0.4, -0.2) is 13.0 Å². The molecule has 4 N–H and O–H groups in total. The molecule has 0 saturated heterocycles. The van der Waals surface area contributed by atoms with Gasteiger partial charge in [0, 0.05) is 5.69 Å². The van der Waals surface area contributed by atoms with Crippen molar-refractivity contribution in [1.29, 1.82) is 0 Å². The fourth-order valence-electron chi connectivity index (χ4n) is 0.723. The molecule has 0 heterocycles. The molecule has 1 aromatic carbocycles. The molecule has 0 fully saturated rings. The first-order valence-corrected chi connectivity index (χ1v) is 4.52. The molecule has 13 heavy (non-hydrogen) atoms. The molecule has 0 aliphatic carbocycles. The number of halogens is 1. The summed E-state index contributed by atoms with van der Waals surface area (Å²) in [6.45, 7) is 0. The maximum atomic E-state index is 10.5. The third kappa shape index (κ3) is 3.19. The molecule has 0 aromatic heterocycles. The monoisotopic (exact) mass is 223 g/mol. The van der Waals surface area contributed by atoms with Gasteiger partial charge < -0.3 is 17.8 Å².